The van der Waals surface area contributed by atoms with Crippen molar-refractivity contribution in [3.05, 3.63) is 57.0 Å². The largest absolute Gasteiger partial charge is 0.481 e. The SMILES string of the molecule is COc1ccc(C(NC(=O)CCn2ccc(=O)[nH]c2=O)C2CC(O)C2)cn1. The van der Waals surface area contributed by atoms with Gasteiger partial charge in [0.25, 0.3) is 5.56 Å². The summed E-state index contributed by atoms with van der Waals surface area (Å²) in [4.78, 5) is 41.5. The average Bonchev–Trinajstić information content (AvgIpc) is 2.63. The number of carbonyl (C=O) groups is 1. The number of amides is 1. The van der Waals surface area contributed by atoms with Gasteiger partial charge in [-0.3, -0.25) is 14.6 Å². The number of aliphatic hydroxyl groups excluding tert-OH is 1. The smallest absolute Gasteiger partial charge is 0.328 e. The fourth-order valence-electron chi connectivity index (χ4n) is 3.16. The van der Waals surface area contributed by atoms with Gasteiger partial charge in [-0.25, -0.2) is 9.78 Å². The fraction of sp³-hybridized carbons (Fsp3) is 0.444. The summed E-state index contributed by atoms with van der Waals surface area (Å²) in [6.45, 7) is 0.155. The Balaban J connectivity index is 1.66. The number of methoxy groups -OCH3 is 1. The molecular formula is C18H22N4O5. The third kappa shape index (κ3) is 4.62. The fourth-order valence-corrected chi connectivity index (χ4v) is 3.16. The molecule has 27 heavy (non-hydrogen) atoms. The number of hydrogen-bond donors (Lipinski definition) is 3. The molecule has 0 spiro atoms. The molecule has 9 heteroatoms. The number of nitrogens with one attached hydrogen (secondary N) is 2. The first-order valence-corrected chi connectivity index (χ1v) is 8.73. The quantitative estimate of drug-likeness (QED) is 0.624. The Labute approximate surface area is 155 Å². The number of aliphatic hydroxyl groups is 1. The lowest BCUT2D eigenvalue weighted by atomic mass is 9.75. The molecule has 1 unspecified atom stereocenters. The van der Waals surface area contributed by atoms with E-state index in [1.807, 2.05) is 6.07 Å². The Hall–Kier alpha value is -2.94. The third-order valence-electron chi connectivity index (χ3n) is 4.74. The van der Waals surface area contributed by atoms with Gasteiger partial charge in [-0.2, -0.15) is 0 Å². The van der Waals surface area contributed by atoms with Crippen molar-refractivity contribution in [3.63, 3.8) is 0 Å². The number of nitrogens with zero attached hydrogens (tertiary/aromatic N) is 2. The van der Waals surface area contributed by atoms with Crippen molar-refractivity contribution in [3.8, 4) is 5.88 Å². The summed E-state index contributed by atoms with van der Waals surface area (Å²) in [5, 5.41) is 12.6. The minimum atomic E-state index is -0.548. The normalized spacial score (nSPS) is 19.8. The maximum absolute atomic E-state index is 12.4. The van der Waals surface area contributed by atoms with Gasteiger partial charge in [-0.1, -0.05) is 6.07 Å². The van der Waals surface area contributed by atoms with Gasteiger partial charge in [0.1, 0.15) is 0 Å². The summed E-state index contributed by atoms with van der Waals surface area (Å²) >= 11 is 0. The Morgan fingerprint density at radius 2 is 2.19 bits per heavy atom. The lowest BCUT2D eigenvalue weighted by Crippen LogP contribution is -2.42. The van der Waals surface area contributed by atoms with Gasteiger partial charge in [-0.05, 0) is 24.3 Å². The standard InChI is InChI=1S/C18H22N4O5/c1-27-16-3-2-11(10-19-16)17(12-8-13(23)9-12)20-14(24)4-6-22-7-5-15(25)21-18(22)26/h2-3,5,7,10,12-13,17,23H,4,6,8-9H2,1H3,(H,20,24)(H,21,25,26). The number of pyridine rings is 1. The van der Waals surface area contributed by atoms with E-state index in [9.17, 15) is 19.5 Å². The van der Waals surface area contributed by atoms with Gasteiger partial charge in [0.05, 0.1) is 19.3 Å². The molecule has 1 aliphatic rings. The van der Waals surface area contributed by atoms with Crippen molar-refractivity contribution in [1.82, 2.24) is 19.9 Å². The van der Waals surface area contributed by atoms with Crippen molar-refractivity contribution in [1.29, 1.82) is 0 Å². The summed E-state index contributed by atoms with van der Waals surface area (Å²) < 4.78 is 6.33. The van der Waals surface area contributed by atoms with Crippen LogP contribution in [0.5, 0.6) is 5.88 Å². The highest BCUT2D eigenvalue weighted by atomic mass is 16.5. The first-order valence-electron chi connectivity index (χ1n) is 8.73. The molecule has 2 aromatic heterocycles. The molecule has 1 saturated carbocycles. The molecule has 0 saturated heterocycles. The van der Waals surface area contributed by atoms with Crippen LogP contribution >= 0.6 is 0 Å². The zero-order valence-corrected chi connectivity index (χ0v) is 14.9. The van der Waals surface area contributed by atoms with E-state index in [0.29, 0.717) is 18.7 Å². The molecule has 0 aromatic carbocycles. The molecule has 0 bridgehead atoms. The van der Waals surface area contributed by atoms with E-state index in [2.05, 4.69) is 15.3 Å². The second kappa shape index (κ2) is 8.17. The molecule has 2 heterocycles. The second-order valence-corrected chi connectivity index (χ2v) is 6.62. The summed E-state index contributed by atoms with van der Waals surface area (Å²) in [6, 6.07) is 4.53. The Morgan fingerprint density at radius 1 is 1.41 bits per heavy atom. The number of aromatic amines is 1. The summed E-state index contributed by atoms with van der Waals surface area (Å²) in [7, 11) is 1.53. The van der Waals surface area contributed by atoms with Gasteiger partial charge in [0.15, 0.2) is 0 Å². The molecule has 1 amide bonds. The first-order chi connectivity index (χ1) is 13.0. The number of rotatable bonds is 7. The van der Waals surface area contributed by atoms with Crippen LogP contribution < -0.4 is 21.3 Å². The number of aryl methyl sites for hydroxylation is 1. The molecular weight excluding hydrogens is 352 g/mol. The number of H-pyrrole nitrogens is 1. The Morgan fingerprint density at radius 3 is 2.78 bits per heavy atom. The molecule has 3 N–H and O–H groups in total. The molecule has 3 rings (SSSR count). The Bertz CT molecular complexity index is 899. The van der Waals surface area contributed by atoms with Crippen molar-refractivity contribution in [2.45, 2.75) is 38.0 Å². The molecule has 2 aromatic rings. The highest BCUT2D eigenvalue weighted by molar-refractivity contribution is 5.76. The van der Waals surface area contributed by atoms with E-state index in [1.54, 1.807) is 12.3 Å². The van der Waals surface area contributed by atoms with Crippen molar-refractivity contribution in [2.24, 2.45) is 5.92 Å². The first kappa shape index (κ1) is 18.8. The van der Waals surface area contributed by atoms with Crippen LogP contribution in [-0.2, 0) is 11.3 Å². The van der Waals surface area contributed by atoms with Gasteiger partial charge < -0.3 is 19.7 Å². The number of ether oxygens (including phenoxy) is 1. The predicted octanol–water partition coefficient (Wildman–Crippen LogP) is -0.0413. The molecule has 1 atom stereocenters. The second-order valence-electron chi connectivity index (χ2n) is 6.62. The van der Waals surface area contributed by atoms with Crippen molar-refractivity contribution in [2.75, 3.05) is 7.11 Å². The number of carbonyl (C=O) groups excluding carboxylic acids is 1. The molecule has 1 fully saturated rings. The van der Waals surface area contributed by atoms with E-state index in [1.165, 1.54) is 23.9 Å². The van der Waals surface area contributed by atoms with Crippen LogP contribution in [0.1, 0.15) is 30.9 Å². The maximum Gasteiger partial charge on any atom is 0.328 e. The highest BCUT2D eigenvalue weighted by Gasteiger charge is 2.35. The minimum absolute atomic E-state index is 0.0846. The van der Waals surface area contributed by atoms with Crippen LogP contribution in [0.25, 0.3) is 0 Å². The summed E-state index contributed by atoms with van der Waals surface area (Å²) in [6.07, 6.45) is 3.97. The lowest BCUT2D eigenvalue weighted by molar-refractivity contribution is -0.123. The number of hydrogen-bond acceptors (Lipinski definition) is 6. The van der Waals surface area contributed by atoms with E-state index < -0.39 is 11.2 Å². The average molecular weight is 374 g/mol. The molecule has 9 nitrogen and oxygen atoms in total. The van der Waals surface area contributed by atoms with Crippen LogP contribution in [0.4, 0.5) is 0 Å². The molecule has 144 valence electrons. The van der Waals surface area contributed by atoms with Crippen LogP contribution in [0.3, 0.4) is 0 Å². The maximum atomic E-state index is 12.4. The van der Waals surface area contributed by atoms with Crippen LogP contribution in [0.2, 0.25) is 0 Å². The number of aromatic nitrogens is 3. The van der Waals surface area contributed by atoms with E-state index in [-0.39, 0.29) is 36.9 Å². The highest BCUT2D eigenvalue weighted by Crippen LogP contribution is 2.38. The van der Waals surface area contributed by atoms with Crippen molar-refractivity contribution >= 4 is 5.91 Å². The predicted molar refractivity (Wildman–Crippen MR) is 96.3 cm³/mol. The minimum Gasteiger partial charge on any atom is -0.481 e. The zero-order valence-electron chi connectivity index (χ0n) is 14.9. The third-order valence-corrected chi connectivity index (χ3v) is 4.74. The summed E-state index contributed by atoms with van der Waals surface area (Å²) in [5.41, 5.74) is -0.188. The van der Waals surface area contributed by atoms with Crippen LogP contribution in [-0.4, -0.2) is 38.8 Å². The Kier molecular flexibility index (Phi) is 5.70. The zero-order chi connectivity index (χ0) is 19.4. The van der Waals surface area contributed by atoms with Crippen molar-refractivity contribution < 1.29 is 14.6 Å². The molecule has 1 aliphatic carbocycles. The van der Waals surface area contributed by atoms with Gasteiger partial charge in [0, 0.05) is 37.5 Å². The monoisotopic (exact) mass is 374 g/mol. The van der Waals surface area contributed by atoms with E-state index in [0.717, 1.165) is 5.56 Å². The van der Waals surface area contributed by atoms with Crippen LogP contribution in [0.15, 0.2) is 40.2 Å². The van der Waals surface area contributed by atoms with Gasteiger partial charge >= 0.3 is 5.69 Å². The molecule has 0 aliphatic heterocycles. The molecule has 0 radical (unpaired) electrons. The van der Waals surface area contributed by atoms with Gasteiger partial charge in [-0.15, -0.1) is 0 Å². The summed E-state index contributed by atoms with van der Waals surface area (Å²) in [5.74, 6) is 0.375. The van der Waals surface area contributed by atoms with Gasteiger partial charge in [0.2, 0.25) is 11.8 Å². The van der Waals surface area contributed by atoms with E-state index in [4.69, 9.17) is 4.74 Å². The topological polar surface area (TPSA) is 126 Å². The van der Waals surface area contributed by atoms with E-state index >= 15 is 0 Å². The lowest BCUT2D eigenvalue weighted by Gasteiger charge is -2.38. The van der Waals surface area contributed by atoms with Crippen LogP contribution in [0, 0.1) is 5.92 Å².